The van der Waals surface area contributed by atoms with Crippen LogP contribution in [0.5, 0.6) is 11.5 Å². The van der Waals surface area contributed by atoms with Crippen molar-refractivity contribution in [2.45, 2.75) is 38.6 Å². The van der Waals surface area contributed by atoms with Gasteiger partial charge in [0, 0.05) is 11.7 Å². The molecule has 1 saturated heterocycles. The van der Waals surface area contributed by atoms with E-state index in [0.717, 1.165) is 30.5 Å². The van der Waals surface area contributed by atoms with E-state index in [-0.39, 0.29) is 12.4 Å². The molecule has 0 amide bonds. The molecule has 2 aromatic rings. The topological polar surface area (TPSA) is 33.3 Å². The fourth-order valence-corrected chi connectivity index (χ4v) is 3.34. The molecule has 2 unspecified atom stereocenters. The molecule has 1 aliphatic heterocycles. The summed E-state index contributed by atoms with van der Waals surface area (Å²) in [6, 6.07) is 18.8. The quantitative estimate of drug-likeness (QED) is 0.685. The first-order valence-corrected chi connectivity index (χ1v) is 9.15. The van der Waals surface area contributed by atoms with Crippen LogP contribution >= 0.6 is 12.4 Å². The fraction of sp³-hybridized carbons (Fsp3) is 0.429. The van der Waals surface area contributed by atoms with Crippen LogP contribution in [-0.4, -0.2) is 19.1 Å². The smallest absolute Gasteiger partial charge is 0.127 e. The summed E-state index contributed by atoms with van der Waals surface area (Å²) < 4.78 is 5.86. The Labute approximate surface area is 157 Å². The van der Waals surface area contributed by atoms with E-state index in [1.54, 1.807) is 0 Å². The molecule has 3 rings (SSSR count). The summed E-state index contributed by atoms with van der Waals surface area (Å²) in [6.07, 6.45) is 5.08. The first kappa shape index (κ1) is 19.6. The SMILES string of the molecule is CCCCC1CNCCC1Nc1ccc(Oc2ccccc2)cc1.Cl. The summed E-state index contributed by atoms with van der Waals surface area (Å²) in [5.74, 6) is 2.47. The van der Waals surface area contributed by atoms with Gasteiger partial charge < -0.3 is 15.4 Å². The summed E-state index contributed by atoms with van der Waals surface area (Å²) in [7, 11) is 0. The van der Waals surface area contributed by atoms with E-state index in [4.69, 9.17) is 4.74 Å². The van der Waals surface area contributed by atoms with Crippen LogP contribution in [-0.2, 0) is 0 Å². The lowest BCUT2D eigenvalue weighted by molar-refractivity contribution is 0.319. The molecule has 1 aliphatic rings. The average Bonchev–Trinajstić information content (AvgIpc) is 2.63. The van der Waals surface area contributed by atoms with Gasteiger partial charge in [-0.2, -0.15) is 0 Å². The molecule has 1 heterocycles. The molecule has 4 heteroatoms. The molecule has 0 aliphatic carbocycles. The van der Waals surface area contributed by atoms with Crippen molar-refractivity contribution in [3.05, 3.63) is 54.6 Å². The lowest BCUT2D eigenvalue weighted by Crippen LogP contribution is -2.43. The average molecular weight is 361 g/mol. The predicted octanol–water partition coefficient (Wildman–Crippen LogP) is 5.48. The molecular formula is C21H29ClN2O. The number of hydrogen-bond donors (Lipinski definition) is 2. The Morgan fingerprint density at radius 2 is 1.76 bits per heavy atom. The molecule has 0 bridgehead atoms. The van der Waals surface area contributed by atoms with Crippen molar-refractivity contribution in [1.82, 2.24) is 5.32 Å². The Balaban J connectivity index is 0.00000225. The van der Waals surface area contributed by atoms with Crippen molar-refractivity contribution < 1.29 is 4.74 Å². The number of nitrogens with one attached hydrogen (secondary N) is 2. The molecule has 136 valence electrons. The van der Waals surface area contributed by atoms with Crippen LogP contribution in [0.1, 0.15) is 32.6 Å². The third-order valence-corrected chi connectivity index (χ3v) is 4.72. The van der Waals surface area contributed by atoms with Crippen LogP contribution < -0.4 is 15.4 Å². The Bertz CT molecular complexity index is 603. The summed E-state index contributed by atoms with van der Waals surface area (Å²) >= 11 is 0. The van der Waals surface area contributed by atoms with Gasteiger partial charge in [-0.25, -0.2) is 0 Å². The maximum Gasteiger partial charge on any atom is 0.127 e. The molecular weight excluding hydrogens is 332 g/mol. The van der Waals surface area contributed by atoms with E-state index in [9.17, 15) is 0 Å². The molecule has 25 heavy (non-hydrogen) atoms. The van der Waals surface area contributed by atoms with Crippen molar-refractivity contribution in [2.75, 3.05) is 18.4 Å². The minimum Gasteiger partial charge on any atom is -0.457 e. The molecule has 2 N–H and O–H groups in total. The number of halogens is 1. The van der Waals surface area contributed by atoms with Gasteiger partial charge >= 0.3 is 0 Å². The second kappa shape index (κ2) is 10.3. The van der Waals surface area contributed by atoms with E-state index >= 15 is 0 Å². The third-order valence-electron chi connectivity index (χ3n) is 4.72. The first-order chi connectivity index (χ1) is 11.8. The van der Waals surface area contributed by atoms with E-state index in [0.29, 0.717) is 6.04 Å². The van der Waals surface area contributed by atoms with Crippen LogP contribution in [0.3, 0.4) is 0 Å². The number of rotatable bonds is 7. The summed E-state index contributed by atoms with van der Waals surface area (Å²) in [5, 5.41) is 7.27. The number of anilines is 1. The Morgan fingerprint density at radius 1 is 1.04 bits per heavy atom. The van der Waals surface area contributed by atoms with Gasteiger partial charge in [0.05, 0.1) is 0 Å². The van der Waals surface area contributed by atoms with Crippen molar-refractivity contribution in [2.24, 2.45) is 5.92 Å². The van der Waals surface area contributed by atoms with Crippen molar-refractivity contribution in [1.29, 1.82) is 0 Å². The third kappa shape index (κ3) is 5.94. The Hall–Kier alpha value is -1.71. The molecule has 0 aromatic heterocycles. The van der Waals surface area contributed by atoms with Gasteiger partial charge in [-0.3, -0.25) is 0 Å². The van der Waals surface area contributed by atoms with E-state index in [2.05, 4.69) is 29.7 Å². The van der Waals surface area contributed by atoms with Crippen LogP contribution in [0.25, 0.3) is 0 Å². The van der Waals surface area contributed by atoms with Crippen LogP contribution in [0.2, 0.25) is 0 Å². The lowest BCUT2D eigenvalue weighted by atomic mass is 9.88. The van der Waals surface area contributed by atoms with Gasteiger partial charge in [0.15, 0.2) is 0 Å². The molecule has 3 nitrogen and oxygen atoms in total. The highest BCUT2D eigenvalue weighted by molar-refractivity contribution is 5.85. The van der Waals surface area contributed by atoms with Gasteiger partial charge in [-0.05, 0) is 68.2 Å². The van der Waals surface area contributed by atoms with Crippen LogP contribution in [0.15, 0.2) is 54.6 Å². The molecule has 2 aromatic carbocycles. The zero-order valence-electron chi connectivity index (χ0n) is 14.9. The number of benzene rings is 2. The molecule has 2 atom stereocenters. The second-order valence-corrected chi connectivity index (χ2v) is 6.59. The number of ether oxygens (including phenoxy) is 1. The fourth-order valence-electron chi connectivity index (χ4n) is 3.34. The summed E-state index contributed by atoms with van der Waals surface area (Å²) in [5.41, 5.74) is 1.18. The van der Waals surface area contributed by atoms with Gasteiger partial charge in [0.2, 0.25) is 0 Å². The minimum absolute atomic E-state index is 0. The second-order valence-electron chi connectivity index (χ2n) is 6.59. The molecule has 0 spiro atoms. The largest absolute Gasteiger partial charge is 0.457 e. The maximum atomic E-state index is 5.86. The summed E-state index contributed by atoms with van der Waals surface area (Å²) in [4.78, 5) is 0. The van der Waals surface area contributed by atoms with Crippen LogP contribution in [0.4, 0.5) is 5.69 Å². The first-order valence-electron chi connectivity index (χ1n) is 9.15. The standard InChI is InChI=1S/C21H28N2O.ClH/c1-2-3-7-17-16-22-15-14-21(17)23-18-10-12-20(13-11-18)24-19-8-5-4-6-9-19;/h4-6,8-13,17,21-23H,2-3,7,14-16H2,1H3;1H. The van der Waals surface area contributed by atoms with E-state index in [1.165, 1.54) is 31.4 Å². The van der Waals surface area contributed by atoms with Crippen LogP contribution in [0, 0.1) is 5.92 Å². The Kier molecular flexibility index (Phi) is 8.10. The molecule has 1 fully saturated rings. The predicted molar refractivity (Wildman–Crippen MR) is 108 cm³/mol. The zero-order valence-corrected chi connectivity index (χ0v) is 15.7. The highest BCUT2D eigenvalue weighted by Gasteiger charge is 2.24. The van der Waals surface area contributed by atoms with Crippen molar-refractivity contribution >= 4 is 18.1 Å². The maximum absolute atomic E-state index is 5.86. The van der Waals surface area contributed by atoms with Gasteiger partial charge in [0.1, 0.15) is 11.5 Å². The number of piperidine rings is 1. The highest BCUT2D eigenvalue weighted by Crippen LogP contribution is 2.25. The van der Waals surface area contributed by atoms with Crippen molar-refractivity contribution in [3.8, 4) is 11.5 Å². The van der Waals surface area contributed by atoms with E-state index in [1.807, 2.05) is 42.5 Å². The van der Waals surface area contributed by atoms with E-state index < -0.39 is 0 Å². The lowest BCUT2D eigenvalue weighted by Gasteiger charge is -2.33. The van der Waals surface area contributed by atoms with Gasteiger partial charge in [-0.1, -0.05) is 38.0 Å². The van der Waals surface area contributed by atoms with Crippen molar-refractivity contribution in [3.63, 3.8) is 0 Å². The number of unbranched alkanes of at least 4 members (excludes halogenated alkanes) is 1. The number of hydrogen-bond acceptors (Lipinski definition) is 3. The normalized spacial score (nSPS) is 19.7. The number of para-hydroxylation sites is 1. The Morgan fingerprint density at radius 3 is 2.48 bits per heavy atom. The van der Waals surface area contributed by atoms with Gasteiger partial charge in [-0.15, -0.1) is 12.4 Å². The molecule has 0 radical (unpaired) electrons. The zero-order chi connectivity index (χ0) is 16.6. The van der Waals surface area contributed by atoms with Gasteiger partial charge in [0.25, 0.3) is 0 Å². The molecule has 0 saturated carbocycles. The monoisotopic (exact) mass is 360 g/mol. The summed E-state index contributed by atoms with van der Waals surface area (Å²) in [6.45, 7) is 4.51. The highest BCUT2D eigenvalue weighted by atomic mass is 35.5. The minimum atomic E-state index is 0.